The Morgan fingerprint density at radius 2 is 1.98 bits per heavy atom. The number of nitriles is 1. The van der Waals surface area contributed by atoms with Crippen LogP contribution < -0.4 is 10.3 Å². The summed E-state index contributed by atoms with van der Waals surface area (Å²) in [5.41, 5.74) is 1.15. The highest BCUT2D eigenvalue weighted by atomic mass is 79.9. The van der Waals surface area contributed by atoms with Crippen LogP contribution in [-0.2, 0) is 34.0 Å². The number of aromatic nitrogens is 4. The van der Waals surface area contributed by atoms with E-state index in [1.54, 1.807) is 21.6 Å². The van der Waals surface area contributed by atoms with Gasteiger partial charge in [0.2, 0.25) is 5.91 Å². The van der Waals surface area contributed by atoms with E-state index in [1.165, 1.54) is 16.8 Å². The molecule has 1 aliphatic heterocycles. The van der Waals surface area contributed by atoms with Crippen molar-refractivity contribution in [1.29, 1.82) is 5.26 Å². The number of alkyl halides is 2. The third-order valence-corrected chi connectivity index (χ3v) is 9.98. The largest absolute Gasteiger partial charge is 0.486 e. The van der Waals surface area contributed by atoms with Gasteiger partial charge < -0.3 is 23.7 Å². The van der Waals surface area contributed by atoms with Crippen molar-refractivity contribution in [3.8, 4) is 11.8 Å². The van der Waals surface area contributed by atoms with Crippen LogP contribution in [0.4, 0.5) is 8.78 Å². The number of rotatable bonds is 12. The van der Waals surface area contributed by atoms with Gasteiger partial charge in [-0.25, -0.2) is 18.4 Å². The molecule has 1 aliphatic rings. The number of hydrogen-bond donors (Lipinski definition) is 0. The van der Waals surface area contributed by atoms with Gasteiger partial charge in [-0.2, -0.15) is 10.4 Å². The average Bonchev–Trinajstić information content (AvgIpc) is 3.35. The first kappa shape index (κ1) is 33.6. The van der Waals surface area contributed by atoms with Gasteiger partial charge in [-0.1, -0.05) is 41.6 Å². The summed E-state index contributed by atoms with van der Waals surface area (Å²) in [6.07, 6.45) is -2.58. The van der Waals surface area contributed by atoms with Gasteiger partial charge in [0.05, 0.1) is 47.3 Å². The second kappa shape index (κ2) is 14.4. The molecule has 2 aromatic heterocycles. The monoisotopic (exact) mass is 716 g/mol. The molecule has 1 amide bonds. The van der Waals surface area contributed by atoms with Crippen molar-refractivity contribution in [3.05, 3.63) is 62.2 Å². The summed E-state index contributed by atoms with van der Waals surface area (Å²) in [5.74, 6) is 0.292. The van der Waals surface area contributed by atoms with Crippen molar-refractivity contribution in [3.63, 3.8) is 0 Å². The number of amides is 1. The van der Waals surface area contributed by atoms with Crippen molar-refractivity contribution in [1.82, 2.24) is 24.2 Å². The molecule has 1 saturated heterocycles. The summed E-state index contributed by atoms with van der Waals surface area (Å²) in [7, 11) is -1.39. The van der Waals surface area contributed by atoms with Crippen LogP contribution in [0.25, 0.3) is 21.8 Å². The maximum atomic E-state index is 13.5. The number of morpholine rings is 1. The highest BCUT2D eigenvalue weighted by Gasteiger charge is 2.23. The lowest BCUT2D eigenvalue weighted by Gasteiger charge is -2.27. The molecular weight excluding hydrogens is 682 g/mol. The molecule has 0 atom stereocenters. The third-order valence-electron chi connectivity index (χ3n) is 7.61. The van der Waals surface area contributed by atoms with Gasteiger partial charge >= 0.3 is 0 Å². The standard InChI is InChI=1S/C31H35BrF2N6O5Si/c1-46(2,3)12-11-44-19-39-25-15-26(45-18-27(33)34)20(16-35)13-23(25)36-28(39)14-24-30-21(5-4-6-22(30)32)31(42)40(37-24)17-29(41)38-7-9-43-10-8-38/h4-6,13,15,27H,7-12,14,17-19H2,1-3H3. The van der Waals surface area contributed by atoms with E-state index in [4.69, 9.17) is 19.2 Å². The van der Waals surface area contributed by atoms with Crippen LogP contribution in [0.3, 0.4) is 0 Å². The number of carbonyl (C=O) groups excluding carboxylic acids is 1. The minimum Gasteiger partial charge on any atom is -0.486 e. The molecule has 15 heteroatoms. The Morgan fingerprint density at radius 1 is 1.22 bits per heavy atom. The second-order valence-electron chi connectivity index (χ2n) is 12.2. The molecule has 1 fully saturated rings. The number of imidazole rings is 1. The van der Waals surface area contributed by atoms with Crippen LogP contribution in [0, 0.1) is 11.3 Å². The molecule has 5 rings (SSSR count). The molecule has 0 N–H and O–H groups in total. The Bertz CT molecular complexity index is 1850. The Balaban J connectivity index is 1.59. The minimum absolute atomic E-state index is 0.0200. The first-order valence-electron chi connectivity index (χ1n) is 14.9. The summed E-state index contributed by atoms with van der Waals surface area (Å²) < 4.78 is 46.4. The topological polar surface area (TPSA) is 125 Å². The fourth-order valence-electron chi connectivity index (χ4n) is 5.17. The molecule has 0 radical (unpaired) electrons. The van der Waals surface area contributed by atoms with Crippen LogP contribution in [0.5, 0.6) is 5.75 Å². The first-order valence-corrected chi connectivity index (χ1v) is 19.4. The lowest BCUT2D eigenvalue weighted by Crippen LogP contribution is -2.44. The maximum absolute atomic E-state index is 13.5. The summed E-state index contributed by atoms with van der Waals surface area (Å²) in [4.78, 5) is 33.1. The Kier molecular flexibility index (Phi) is 10.5. The van der Waals surface area contributed by atoms with Gasteiger partial charge in [0, 0.05) is 43.7 Å². The van der Waals surface area contributed by atoms with Gasteiger partial charge in [0.15, 0.2) is 0 Å². The molecule has 244 valence electrons. The summed E-state index contributed by atoms with van der Waals surface area (Å²) in [6, 6.07) is 11.2. The lowest BCUT2D eigenvalue weighted by atomic mass is 10.1. The number of hydrogen-bond acceptors (Lipinski definition) is 8. The number of ether oxygens (including phenoxy) is 3. The highest BCUT2D eigenvalue weighted by molar-refractivity contribution is 9.10. The van der Waals surface area contributed by atoms with Crippen molar-refractivity contribution in [2.75, 3.05) is 39.5 Å². The summed E-state index contributed by atoms with van der Waals surface area (Å²) >= 11 is 3.57. The van der Waals surface area contributed by atoms with Crippen molar-refractivity contribution >= 4 is 51.7 Å². The number of nitrogens with zero attached hydrogens (tertiary/aromatic N) is 6. The van der Waals surface area contributed by atoms with E-state index in [0.29, 0.717) is 70.7 Å². The van der Waals surface area contributed by atoms with Crippen LogP contribution in [0.2, 0.25) is 25.7 Å². The van der Waals surface area contributed by atoms with E-state index in [0.717, 1.165) is 6.04 Å². The molecule has 0 bridgehead atoms. The third kappa shape index (κ3) is 7.80. The van der Waals surface area contributed by atoms with Crippen molar-refractivity contribution in [2.45, 2.75) is 51.8 Å². The average molecular weight is 718 g/mol. The van der Waals surface area contributed by atoms with E-state index in [-0.39, 0.29) is 36.9 Å². The molecule has 0 saturated carbocycles. The van der Waals surface area contributed by atoms with E-state index >= 15 is 0 Å². The fourth-order valence-corrected chi connectivity index (χ4v) is 6.52. The summed E-state index contributed by atoms with van der Waals surface area (Å²) in [6.45, 7) is 8.01. The van der Waals surface area contributed by atoms with E-state index < -0.39 is 26.7 Å². The molecule has 2 aromatic carbocycles. The zero-order valence-electron chi connectivity index (χ0n) is 25.9. The van der Waals surface area contributed by atoms with Gasteiger partial charge in [-0.15, -0.1) is 0 Å². The number of benzene rings is 2. The molecule has 0 aliphatic carbocycles. The normalized spacial score (nSPS) is 13.9. The maximum Gasteiger partial charge on any atom is 0.275 e. The quantitative estimate of drug-likeness (QED) is 0.152. The zero-order chi connectivity index (χ0) is 33.0. The van der Waals surface area contributed by atoms with Crippen LogP contribution in [0.15, 0.2) is 39.6 Å². The van der Waals surface area contributed by atoms with Gasteiger partial charge in [0.25, 0.3) is 12.0 Å². The van der Waals surface area contributed by atoms with Gasteiger partial charge in [-0.05, 0) is 24.2 Å². The minimum atomic E-state index is -2.71. The molecule has 0 spiro atoms. The molecule has 46 heavy (non-hydrogen) atoms. The second-order valence-corrected chi connectivity index (χ2v) is 18.7. The van der Waals surface area contributed by atoms with E-state index in [2.05, 4.69) is 40.7 Å². The Labute approximate surface area is 273 Å². The van der Waals surface area contributed by atoms with E-state index in [9.17, 15) is 23.6 Å². The van der Waals surface area contributed by atoms with Gasteiger partial charge in [-0.3, -0.25) is 9.59 Å². The highest BCUT2D eigenvalue weighted by Crippen LogP contribution is 2.30. The SMILES string of the molecule is C[Si](C)(C)CCOCn1c(Cc2nn(CC(=O)N3CCOCC3)c(=O)c3cccc(Br)c23)nc2cc(C#N)c(OCC(F)F)cc21. The Morgan fingerprint density at radius 3 is 2.67 bits per heavy atom. The van der Waals surface area contributed by atoms with E-state index in [1.807, 2.05) is 12.1 Å². The molecule has 0 unspecified atom stereocenters. The van der Waals surface area contributed by atoms with Gasteiger partial charge in [0.1, 0.15) is 37.5 Å². The van der Waals surface area contributed by atoms with Crippen molar-refractivity contribution < 1.29 is 27.8 Å². The predicted octanol–water partition coefficient (Wildman–Crippen LogP) is 4.79. The summed E-state index contributed by atoms with van der Waals surface area (Å²) in [5, 5.41) is 15.4. The van der Waals surface area contributed by atoms with Crippen LogP contribution in [0.1, 0.15) is 17.1 Å². The number of halogens is 3. The zero-order valence-corrected chi connectivity index (χ0v) is 28.5. The molecule has 3 heterocycles. The molecule has 4 aromatic rings. The van der Waals surface area contributed by atoms with Crippen molar-refractivity contribution in [2.24, 2.45) is 0 Å². The van der Waals surface area contributed by atoms with Crippen LogP contribution in [-0.4, -0.2) is 84.2 Å². The number of carbonyl (C=O) groups is 1. The Hall–Kier alpha value is -3.71. The molecular formula is C31H35BrF2N6O5Si. The molecule has 11 nitrogen and oxygen atoms in total. The lowest BCUT2D eigenvalue weighted by molar-refractivity contribution is -0.136. The smallest absolute Gasteiger partial charge is 0.275 e. The number of fused-ring (bicyclic) bond motifs is 2. The predicted molar refractivity (Wildman–Crippen MR) is 174 cm³/mol. The fraction of sp³-hybridized carbons (Fsp3) is 0.452. The van der Waals surface area contributed by atoms with Crippen LogP contribution >= 0.6 is 15.9 Å². The first-order chi connectivity index (χ1) is 21.9.